The summed E-state index contributed by atoms with van der Waals surface area (Å²) in [5, 5.41) is 10.6. The number of allylic oxidation sites excluding steroid dienone is 5. The number of aromatic nitrogens is 2. The molecule has 1 fully saturated rings. The summed E-state index contributed by atoms with van der Waals surface area (Å²) >= 11 is 0. The second kappa shape index (κ2) is 8.23. The molecule has 1 aromatic heterocycles. The first-order chi connectivity index (χ1) is 17.2. The van der Waals surface area contributed by atoms with Gasteiger partial charge in [-0.2, -0.15) is 4.98 Å². The van der Waals surface area contributed by atoms with E-state index in [2.05, 4.69) is 42.5 Å². The number of phenols is 1. The van der Waals surface area contributed by atoms with E-state index in [4.69, 9.17) is 14.7 Å². The second-order valence-electron chi connectivity index (χ2n) is 10.1. The van der Waals surface area contributed by atoms with Crippen molar-refractivity contribution in [2.24, 2.45) is 5.92 Å². The van der Waals surface area contributed by atoms with Gasteiger partial charge in [-0.15, -0.1) is 0 Å². The van der Waals surface area contributed by atoms with Gasteiger partial charge in [0.15, 0.2) is 5.82 Å². The lowest BCUT2D eigenvalue weighted by molar-refractivity contribution is 0.201. The van der Waals surface area contributed by atoms with Gasteiger partial charge in [-0.05, 0) is 72.9 Å². The van der Waals surface area contributed by atoms with Crippen molar-refractivity contribution < 1.29 is 9.84 Å². The van der Waals surface area contributed by atoms with Gasteiger partial charge in [0.2, 0.25) is 5.88 Å². The van der Waals surface area contributed by atoms with Crippen LogP contribution in [-0.2, 0) is 6.42 Å². The molecule has 2 aromatic carbocycles. The van der Waals surface area contributed by atoms with Gasteiger partial charge < -0.3 is 9.84 Å². The molecule has 0 spiro atoms. The van der Waals surface area contributed by atoms with Crippen molar-refractivity contribution in [3.05, 3.63) is 94.7 Å². The number of hydrogen-bond donors (Lipinski definition) is 1. The Morgan fingerprint density at radius 1 is 0.914 bits per heavy atom. The largest absolute Gasteiger partial charge is 0.507 e. The minimum Gasteiger partial charge on any atom is -0.507 e. The first-order valence-corrected chi connectivity index (χ1v) is 12.8. The highest BCUT2D eigenvalue weighted by Crippen LogP contribution is 2.52. The molecule has 35 heavy (non-hydrogen) atoms. The standard InChI is InChI=1S/C31H28N2O2/c34-27-11-4-3-10-25(27)31-32-26(18-28(33-31)35-22-8-1-2-9-22)23-16-14-21-13-12-19-6-5-7-20-15-17-24(23)30(21)29(19)20/h3-7,10-11,14-18,22,24,30,34H,1-2,8-9,12-13H2. The van der Waals surface area contributed by atoms with Crippen molar-refractivity contribution in [3.8, 4) is 23.0 Å². The molecule has 0 saturated heterocycles. The van der Waals surface area contributed by atoms with Crippen molar-refractivity contribution in [2.75, 3.05) is 0 Å². The van der Waals surface area contributed by atoms with E-state index in [-0.39, 0.29) is 17.8 Å². The molecule has 0 bridgehead atoms. The number of rotatable bonds is 4. The van der Waals surface area contributed by atoms with Gasteiger partial charge in [-0.25, -0.2) is 4.98 Å². The third kappa shape index (κ3) is 3.51. The number of aryl methyl sites for hydroxylation is 1. The van der Waals surface area contributed by atoms with Crippen LogP contribution in [0.1, 0.15) is 60.4 Å². The maximum atomic E-state index is 10.6. The Hall–Kier alpha value is -3.66. The molecule has 1 heterocycles. The molecular formula is C31H28N2O2. The van der Waals surface area contributed by atoms with E-state index in [0.29, 0.717) is 23.2 Å². The summed E-state index contributed by atoms with van der Waals surface area (Å²) in [4.78, 5) is 9.74. The van der Waals surface area contributed by atoms with E-state index in [9.17, 15) is 5.11 Å². The van der Waals surface area contributed by atoms with Crippen LogP contribution < -0.4 is 4.74 Å². The molecule has 0 amide bonds. The van der Waals surface area contributed by atoms with E-state index in [1.54, 1.807) is 6.07 Å². The highest BCUT2D eigenvalue weighted by molar-refractivity contribution is 5.79. The summed E-state index contributed by atoms with van der Waals surface area (Å²) in [6.45, 7) is 0. The predicted molar refractivity (Wildman–Crippen MR) is 138 cm³/mol. The normalized spacial score (nSPS) is 22.4. The second-order valence-corrected chi connectivity index (χ2v) is 10.1. The Morgan fingerprint density at radius 2 is 1.80 bits per heavy atom. The van der Waals surface area contributed by atoms with Gasteiger partial charge in [-0.1, -0.05) is 60.2 Å². The zero-order chi connectivity index (χ0) is 23.4. The van der Waals surface area contributed by atoms with Crippen molar-refractivity contribution in [3.63, 3.8) is 0 Å². The third-order valence-electron chi connectivity index (χ3n) is 8.03. The van der Waals surface area contributed by atoms with Crippen LogP contribution in [0.3, 0.4) is 0 Å². The first kappa shape index (κ1) is 20.7. The fraction of sp³-hybridized carbons (Fsp3) is 0.290. The van der Waals surface area contributed by atoms with Crippen molar-refractivity contribution in [1.82, 2.24) is 9.97 Å². The van der Waals surface area contributed by atoms with Gasteiger partial charge in [-0.3, -0.25) is 0 Å². The molecule has 2 atom stereocenters. The van der Waals surface area contributed by atoms with Crippen LogP contribution in [0.2, 0.25) is 0 Å². The Bertz CT molecular complexity index is 1410. The van der Waals surface area contributed by atoms with E-state index < -0.39 is 0 Å². The molecule has 4 nitrogen and oxygen atoms in total. The summed E-state index contributed by atoms with van der Waals surface area (Å²) in [5.74, 6) is 1.88. The van der Waals surface area contributed by atoms with Gasteiger partial charge in [0.1, 0.15) is 11.9 Å². The monoisotopic (exact) mass is 460 g/mol. The molecule has 0 aliphatic heterocycles. The van der Waals surface area contributed by atoms with Gasteiger partial charge in [0, 0.05) is 17.9 Å². The van der Waals surface area contributed by atoms with Crippen LogP contribution in [0.5, 0.6) is 11.6 Å². The van der Waals surface area contributed by atoms with Gasteiger partial charge in [0.25, 0.3) is 0 Å². The minimum absolute atomic E-state index is 0.180. The molecule has 2 unspecified atom stereocenters. The predicted octanol–water partition coefficient (Wildman–Crippen LogP) is 6.87. The molecule has 0 radical (unpaired) electrons. The van der Waals surface area contributed by atoms with Crippen LogP contribution in [-0.4, -0.2) is 21.2 Å². The zero-order valence-electron chi connectivity index (χ0n) is 19.7. The number of aromatic hydroxyl groups is 1. The molecule has 1 saturated carbocycles. The number of ether oxygens (including phenoxy) is 1. The van der Waals surface area contributed by atoms with Crippen LogP contribution >= 0.6 is 0 Å². The lowest BCUT2D eigenvalue weighted by Gasteiger charge is -2.40. The molecule has 4 heteroatoms. The average molecular weight is 461 g/mol. The van der Waals surface area contributed by atoms with Crippen molar-refractivity contribution >= 4 is 11.6 Å². The summed E-state index contributed by atoms with van der Waals surface area (Å²) in [7, 11) is 0. The summed E-state index contributed by atoms with van der Waals surface area (Å²) < 4.78 is 6.36. The number of nitrogens with zero attached hydrogens (tertiary/aromatic N) is 2. The average Bonchev–Trinajstić information content (AvgIpc) is 3.40. The van der Waals surface area contributed by atoms with Crippen LogP contribution in [0.4, 0.5) is 0 Å². The van der Waals surface area contributed by atoms with E-state index in [0.717, 1.165) is 31.4 Å². The summed E-state index contributed by atoms with van der Waals surface area (Å²) in [6, 6.07) is 16.0. The highest BCUT2D eigenvalue weighted by Gasteiger charge is 2.38. The smallest absolute Gasteiger partial charge is 0.217 e. The minimum atomic E-state index is 0.180. The molecule has 3 aromatic rings. The van der Waals surface area contributed by atoms with E-state index in [1.165, 1.54) is 40.7 Å². The Labute approximate surface area is 205 Å². The molecule has 174 valence electrons. The van der Waals surface area contributed by atoms with Crippen LogP contribution in [0.25, 0.3) is 23.0 Å². The quantitative estimate of drug-likeness (QED) is 0.462. The Balaban J connectivity index is 1.35. The van der Waals surface area contributed by atoms with E-state index >= 15 is 0 Å². The maximum Gasteiger partial charge on any atom is 0.217 e. The zero-order valence-corrected chi connectivity index (χ0v) is 19.7. The molecule has 7 rings (SSSR count). The summed E-state index contributed by atoms with van der Waals surface area (Å²) in [5.41, 5.74) is 8.51. The molecule has 4 aliphatic carbocycles. The molecule has 1 N–H and O–H groups in total. The number of benzene rings is 2. The van der Waals surface area contributed by atoms with Crippen molar-refractivity contribution in [2.45, 2.75) is 50.5 Å². The van der Waals surface area contributed by atoms with E-state index in [1.807, 2.05) is 24.3 Å². The molecular weight excluding hydrogens is 432 g/mol. The van der Waals surface area contributed by atoms with Gasteiger partial charge >= 0.3 is 0 Å². The van der Waals surface area contributed by atoms with Crippen LogP contribution in [0.15, 0.2) is 72.3 Å². The fourth-order valence-electron chi connectivity index (χ4n) is 6.35. The lowest BCUT2D eigenvalue weighted by Crippen LogP contribution is -2.26. The summed E-state index contributed by atoms with van der Waals surface area (Å²) in [6.07, 6.45) is 16.1. The fourth-order valence-corrected chi connectivity index (χ4v) is 6.35. The number of phenolic OH excluding ortho intramolecular Hbond substituents is 1. The SMILES string of the molecule is Oc1ccccc1-c1nc(OC2CCCC2)cc(C2=CC=C3CCc4cccc5c4C3C2C=C5)n1. The number of para-hydroxylation sites is 1. The Morgan fingerprint density at radius 3 is 2.69 bits per heavy atom. The third-order valence-corrected chi connectivity index (χ3v) is 8.03. The topological polar surface area (TPSA) is 55.2 Å². The Kier molecular flexibility index (Phi) is 4.86. The maximum absolute atomic E-state index is 10.6. The lowest BCUT2D eigenvalue weighted by atomic mass is 9.64. The van der Waals surface area contributed by atoms with Crippen molar-refractivity contribution in [1.29, 1.82) is 0 Å². The first-order valence-electron chi connectivity index (χ1n) is 12.8. The highest BCUT2D eigenvalue weighted by atomic mass is 16.5. The van der Waals surface area contributed by atoms with Crippen LogP contribution in [0, 0.1) is 5.92 Å². The van der Waals surface area contributed by atoms with Gasteiger partial charge in [0.05, 0.1) is 11.3 Å². The molecule has 4 aliphatic rings. The number of hydrogen-bond acceptors (Lipinski definition) is 4.